The maximum atomic E-state index is 13.8. The van der Waals surface area contributed by atoms with Crippen molar-refractivity contribution >= 4 is 23.9 Å². The average Bonchev–Trinajstić information content (AvgIpc) is 3.65. The van der Waals surface area contributed by atoms with Crippen molar-refractivity contribution in [3.63, 3.8) is 0 Å². The summed E-state index contributed by atoms with van der Waals surface area (Å²) in [5.74, 6) is -2.54. The van der Waals surface area contributed by atoms with Gasteiger partial charge in [0.05, 0.1) is 12.6 Å². The van der Waals surface area contributed by atoms with E-state index in [4.69, 9.17) is 18.9 Å². The molecule has 1 aliphatic carbocycles. The molecular formula is C36H40N2O8. The molecular weight excluding hydrogens is 588 g/mol. The standard InChI is InChI=1S/C36H40N2O8/c1-22(23(2)46-24(3)39)33(35(41)44-20-25-12-6-5-7-13-25)37-34(40)32-18-26(43-4)19-38(32)36(42)45-21-31-29-16-10-8-14-27(29)28-15-9-11-17-30(28)31/h5-17,22-23,26,31-33H,18-21H2,1-4H3,(H,37,40)/t22?,23-,26+,32-,33-/m0/s1. The number of esters is 2. The van der Waals surface area contributed by atoms with Crippen LogP contribution in [-0.4, -0.2) is 73.4 Å². The number of fused-ring (bicyclic) bond motifs is 3. The van der Waals surface area contributed by atoms with Crippen molar-refractivity contribution in [2.75, 3.05) is 20.3 Å². The van der Waals surface area contributed by atoms with E-state index in [-0.39, 0.29) is 32.1 Å². The molecule has 1 saturated heterocycles. The van der Waals surface area contributed by atoms with Crippen molar-refractivity contribution in [2.24, 2.45) is 5.92 Å². The zero-order valence-electron chi connectivity index (χ0n) is 26.5. The summed E-state index contributed by atoms with van der Waals surface area (Å²) >= 11 is 0. The van der Waals surface area contributed by atoms with Gasteiger partial charge in [0.15, 0.2) is 0 Å². The number of benzene rings is 3. The largest absolute Gasteiger partial charge is 0.462 e. The Bertz CT molecular complexity index is 1510. The van der Waals surface area contributed by atoms with Gasteiger partial charge in [-0.1, -0.05) is 85.8 Å². The average molecular weight is 629 g/mol. The van der Waals surface area contributed by atoms with Gasteiger partial charge >= 0.3 is 18.0 Å². The Hall–Kier alpha value is -4.70. The number of hydrogen-bond acceptors (Lipinski definition) is 8. The lowest BCUT2D eigenvalue weighted by Crippen LogP contribution is -2.55. The lowest BCUT2D eigenvalue weighted by Gasteiger charge is -2.30. The fraction of sp³-hybridized carbons (Fsp3) is 0.389. The number of methoxy groups -OCH3 is 1. The highest BCUT2D eigenvalue weighted by Crippen LogP contribution is 2.44. The van der Waals surface area contributed by atoms with Crippen molar-refractivity contribution < 1.29 is 38.1 Å². The van der Waals surface area contributed by atoms with E-state index in [0.29, 0.717) is 0 Å². The van der Waals surface area contributed by atoms with E-state index in [0.717, 1.165) is 27.8 Å². The second-order valence-corrected chi connectivity index (χ2v) is 11.8. The maximum Gasteiger partial charge on any atom is 0.410 e. The quantitative estimate of drug-likeness (QED) is 0.237. The summed E-state index contributed by atoms with van der Waals surface area (Å²) in [5, 5.41) is 2.79. The summed E-state index contributed by atoms with van der Waals surface area (Å²) < 4.78 is 22.3. The molecule has 1 unspecified atom stereocenters. The van der Waals surface area contributed by atoms with Crippen molar-refractivity contribution in [3.05, 3.63) is 95.6 Å². The number of likely N-dealkylation sites (tertiary alicyclic amines) is 1. The van der Waals surface area contributed by atoms with E-state index < -0.39 is 54.1 Å². The number of rotatable bonds is 11. The third-order valence-electron chi connectivity index (χ3n) is 8.86. The molecule has 0 radical (unpaired) electrons. The van der Waals surface area contributed by atoms with Gasteiger partial charge in [-0.05, 0) is 34.7 Å². The summed E-state index contributed by atoms with van der Waals surface area (Å²) in [7, 11) is 1.52. The Morgan fingerprint density at radius 3 is 2.09 bits per heavy atom. The van der Waals surface area contributed by atoms with E-state index >= 15 is 0 Å². The minimum Gasteiger partial charge on any atom is -0.462 e. The van der Waals surface area contributed by atoms with Gasteiger partial charge in [0.1, 0.15) is 31.4 Å². The fourth-order valence-electron chi connectivity index (χ4n) is 6.21. The van der Waals surface area contributed by atoms with E-state index in [1.54, 1.807) is 13.8 Å². The van der Waals surface area contributed by atoms with Crippen LogP contribution in [0.1, 0.15) is 49.8 Å². The summed E-state index contributed by atoms with van der Waals surface area (Å²) in [6.45, 7) is 4.87. The molecule has 46 heavy (non-hydrogen) atoms. The third kappa shape index (κ3) is 7.23. The first-order valence-corrected chi connectivity index (χ1v) is 15.5. The molecule has 1 aliphatic heterocycles. The van der Waals surface area contributed by atoms with Crippen molar-refractivity contribution in [3.8, 4) is 11.1 Å². The van der Waals surface area contributed by atoms with Crippen LogP contribution in [0, 0.1) is 5.92 Å². The SMILES string of the molecule is CO[C@@H]1C[C@@H](C(=O)N[C@H](C(=O)OCc2ccccc2)C(C)[C@H](C)OC(C)=O)N(C(=O)OCC2c3ccccc3-c3ccccc32)C1. The van der Waals surface area contributed by atoms with E-state index in [1.807, 2.05) is 66.7 Å². The first kappa shape index (κ1) is 32.7. The lowest BCUT2D eigenvalue weighted by molar-refractivity contribution is -0.157. The van der Waals surface area contributed by atoms with Crippen molar-refractivity contribution in [1.29, 1.82) is 0 Å². The number of nitrogens with one attached hydrogen (secondary N) is 1. The summed E-state index contributed by atoms with van der Waals surface area (Å²) in [4.78, 5) is 53.8. The van der Waals surface area contributed by atoms with E-state index in [9.17, 15) is 19.2 Å². The number of amides is 2. The van der Waals surface area contributed by atoms with Crippen LogP contribution >= 0.6 is 0 Å². The molecule has 0 spiro atoms. The van der Waals surface area contributed by atoms with Gasteiger partial charge in [0.2, 0.25) is 5.91 Å². The number of hydrogen-bond donors (Lipinski definition) is 1. The molecule has 2 amide bonds. The van der Waals surface area contributed by atoms with Crippen LogP contribution in [0.4, 0.5) is 4.79 Å². The predicted octanol–water partition coefficient (Wildman–Crippen LogP) is 4.84. The van der Waals surface area contributed by atoms with Crippen LogP contribution in [-0.2, 0) is 39.9 Å². The van der Waals surface area contributed by atoms with Gasteiger partial charge < -0.3 is 24.3 Å². The zero-order chi connectivity index (χ0) is 32.8. The van der Waals surface area contributed by atoms with Crippen LogP contribution in [0.15, 0.2) is 78.9 Å². The first-order valence-electron chi connectivity index (χ1n) is 15.5. The Labute approximate surface area is 269 Å². The monoisotopic (exact) mass is 628 g/mol. The fourth-order valence-corrected chi connectivity index (χ4v) is 6.21. The molecule has 242 valence electrons. The molecule has 2 aliphatic rings. The highest BCUT2D eigenvalue weighted by molar-refractivity contribution is 5.90. The molecule has 0 saturated carbocycles. The van der Waals surface area contributed by atoms with Crippen LogP contribution in [0.2, 0.25) is 0 Å². The summed E-state index contributed by atoms with van der Waals surface area (Å²) in [6, 6.07) is 23.1. The Balaban J connectivity index is 1.30. The maximum absolute atomic E-state index is 13.8. The highest BCUT2D eigenvalue weighted by atomic mass is 16.6. The van der Waals surface area contributed by atoms with E-state index in [2.05, 4.69) is 17.4 Å². The van der Waals surface area contributed by atoms with Crippen molar-refractivity contribution in [2.45, 2.75) is 64.0 Å². The Kier molecular flexibility index (Phi) is 10.4. The molecule has 10 heteroatoms. The second-order valence-electron chi connectivity index (χ2n) is 11.8. The molecule has 0 aromatic heterocycles. The minimum absolute atomic E-state index is 0.00175. The molecule has 1 heterocycles. The molecule has 10 nitrogen and oxygen atoms in total. The number of ether oxygens (including phenoxy) is 4. The van der Waals surface area contributed by atoms with E-state index in [1.165, 1.54) is 18.9 Å². The molecule has 5 rings (SSSR count). The molecule has 1 fully saturated rings. The first-order chi connectivity index (χ1) is 22.2. The van der Waals surface area contributed by atoms with Crippen LogP contribution < -0.4 is 5.32 Å². The van der Waals surface area contributed by atoms with Crippen LogP contribution in [0.5, 0.6) is 0 Å². The number of carbonyl (C=O) groups is 4. The lowest BCUT2D eigenvalue weighted by atomic mass is 9.95. The van der Waals surface area contributed by atoms with Gasteiger partial charge in [-0.2, -0.15) is 0 Å². The van der Waals surface area contributed by atoms with Gasteiger partial charge in [-0.3, -0.25) is 14.5 Å². The molecule has 5 atom stereocenters. The van der Waals surface area contributed by atoms with Gasteiger partial charge in [0, 0.05) is 32.3 Å². The third-order valence-corrected chi connectivity index (χ3v) is 8.86. The van der Waals surface area contributed by atoms with Gasteiger partial charge in [0.25, 0.3) is 0 Å². The number of carbonyl (C=O) groups excluding carboxylic acids is 4. The van der Waals surface area contributed by atoms with Crippen molar-refractivity contribution in [1.82, 2.24) is 10.2 Å². The number of nitrogens with zero attached hydrogens (tertiary/aromatic N) is 1. The van der Waals surface area contributed by atoms with Gasteiger partial charge in [-0.15, -0.1) is 0 Å². The minimum atomic E-state index is -1.16. The molecule has 0 bridgehead atoms. The smallest absolute Gasteiger partial charge is 0.410 e. The molecule has 3 aromatic carbocycles. The summed E-state index contributed by atoms with van der Waals surface area (Å²) in [5.41, 5.74) is 5.16. The van der Waals surface area contributed by atoms with Crippen LogP contribution in [0.25, 0.3) is 11.1 Å². The van der Waals surface area contributed by atoms with Gasteiger partial charge in [-0.25, -0.2) is 9.59 Å². The Morgan fingerprint density at radius 1 is 0.870 bits per heavy atom. The predicted molar refractivity (Wildman–Crippen MR) is 170 cm³/mol. The van der Waals surface area contributed by atoms with Crippen LogP contribution in [0.3, 0.4) is 0 Å². The zero-order valence-corrected chi connectivity index (χ0v) is 26.5. The normalized spacial score (nSPS) is 18.9. The Morgan fingerprint density at radius 2 is 1.48 bits per heavy atom. The topological polar surface area (TPSA) is 120 Å². The molecule has 1 N–H and O–H groups in total. The molecule has 3 aromatic rings. The second kappa shape index (κ2) is 14.6. The summed E-state index contributed by atoms with van der Waals surface area (Å²) in [6.07, 6.45) is -1.55. The highest BCUT2D eigenvalue weighted by Gasteiger charge is 2.43.